The molecule has 0 aliphatic carbocycles. The summed E-state index contributed by atoms with van der Waals surface area (Å²) in [7, 11) is 0. The molecule has 104 valence electrons. The first-order valence-corrected chi connectivity index (χ1v) is 7.10. The van der Waals surface area contributed by atoms with E-state index in [9.17, 15) is 0 Å². The summed E-state index contributed by atoms with van der Waals surface area (Å²) >= 11 is 0. The van der Waals surface area contributed by atoms with E-state index in [0.29, 0.717) is 11.9 Å². The van der Waals surface area contributed by atoms with Crippen LogP contribution in [0.5, 0.6) is 0 Å². The summed E-state index contributed by atoms with van der Waals surface area (Å²) in [5.74, 6) is 1.27. The largest absolute Gasteiger partial charge is 0.378 e. The van der Waals surface area contributed by atoms with E-state index in [-0.39, 0.29) is 0 Å². The van der Waals surface area contributed by atoms with E-state index in [1.165, 1.54) is 25.9 Å². The van der Waals surface area contributed by atoms with Gasteiger partial charge in [0.1, 0.15) is 0 Å². The van der Waals surface area contributed by atoms with Crippen LogP contribution < -0.4 is 5.73 Å². The van der Waals surface area contributed by atoms with E-state index in [1.54, 1.807) is 0 Å². The molecule has 2 rings (SSSR count). The lowest BCUT2D eigenvalue weighted by Crippen LogP contribution is -2.45. The van der Waals surface area contributed by atoms with Crippen LogP contribution in [-0.4, -0.2) is 68.2 Å². The molecule has 1 unspecified atom stereocenters. The van der Waals surface area contributed by atoms with E-state index >= 15 is 0 Å². The molecule has 2 heterocycles. The topological polar surface area (TPSA) is 54.1 Å². The van der Waals surface area contributed by atoms with Crippen molar-refractivity contribution < 1.29 is 4.74 Å². The second kappa shape index (κ2) is 6.95. The zero-order valence-electron chi connectivity index (χ0n) is 11.5. The predicted molar refractivity (Wildman–Crippen MR) is 73.7 cm³/mol. The van der Waals surface area contributed by atoms with E-state index < -0.39 is 0 Å². The minimum absolute atomic E-state index is 0.586. The Hall–Kier alpha value is -0.810. The Morgan fingerprint density at radius 3 is 2.56 bits per heavy atom. The lowest BCUT2D eigenvalue weighted by molar-refractivity contribution is 0.0674. The van der Waals surface area contributed by atoms with Crippen molar-refractivity contribution in [2.75, 3.05) is 52.5 Å². The molecule has 2 N–H and O–H groups in total. The van der Waals surface area contributed by atoms with Crippen molar-refractivity contribution in [2.45, 2.75) is 19.8 Å². The fourth-order valence-corrected chi connectivity index (χ4v) is 2.61. The maximum absolute atomic E-state index is 6.01. The second-order valence-corrected chi connectivity index (χ2v) is 5.41. The van der Waals surface area contributed by atoms with Crippen molar-refractivity contribution in [3.8, 4) is 0 Å². The molecule has 5 nitrogen and oxygen atoms in total. The quantitative estimate of drug-likeness (QED) is 0.581. The fraction of sp³-hybridized carbons (Fsp3) is 0.923. The molecule has 0 saturated carbocycles. The van der Waals surface area contributed by atoms with Crippen LogP contribution in [0.3, 0.4) is 0 Å². The van der Waals surface area contributed by atoms with Gasteiger partial charge in [-0.3, -0.25) is 4.99 Å². The Morgan fingerprint density at radius 1 is 1.22 bits per heavy atom. The summed E-state index contributed by atoms with van der Waals surface area (Å²) in [6, 6.07) is 0. The van der Waals surface area contributed by atoms with Gasteiger partial charge < -0.3 is 20.3 Å². The van der Waals surface area contributed by atoms with Gasteiger partial charge in [-0.1, -0.05) is 6.92 Å². The third kappa shape index (κ3) is 4.14. The number of likely N-dealkylation sites (tertiary alicyclic amines) is 1. The van der Waals surface area contributed by atoms with Gasteiger partial charge in [-0.25, -0.2) is 0 Å². The molecule has 0 spiro atoms. The molecular weight excluding hydrogens is 228 g/mol. The van der Waals surface area contributed by atoms with Crippen LogP contribution in [0.2, 0.25) is 0 Å². The SMILES string of the molecule is CC(CN=C(N)N1CCOCC1)CN1CCCC1. The monoisotopic (exact) mass is 254 g/mol. The second-order valence-electron chi connectivity index (χ2n) is 5.41. The first-order chi connectivity index (χ1) is 8.75. The number of nitrogens with two attached hydrogens (primary N) is 1. The minimum Gasteiger partial charge on any atom is -0.378 e. The Kier molecular flexibility index (Phi) is 5.26. The summed E-state index contributed by atoms with van der Waals surface area (Å²) in [6.45, 7) is 10.0. The fourth-order valence-electron chi connectivity index (χ4n) is 2.61. The Bertz CT molecular complexity index is 270. The van der Waals surface area contributed by atoms with E-state index in [1.807, 2.05) is 0 Å². The van der Waals surface area contributed by atoms with Gasteiger partial charge in [-0.2, -0.15) is 0 Å². The van der Waals surface area contributed by atoms with Crippen molar-refractivity contribution in [3.05, 3.63) is 0 Å². The number of rotatable bonds is 4. The maximum atomic E-state index is 6.01. The number of nitrogens with zero attached hydrogens (tertiary/aromatic N) is 3. The van der Waals surface area contributed by atoms with Crippen LogP contribution >= 0.6 is 0 Å². The molecular formula is C13H26N4O. The van der Waals surface area contributed by atoms with Crippen molar-refractivity contribution >= 4 is 5.96 Å². The summed E-state index contributed by atoms with van der Waals surface area (Å²) < 4.78 is 5.31. The third-order valence-corrected chi connectivity index (χ3v) is 3.67. The van der Waals surface area contributed by atoms with Gasteiger partial charge in [0.25, 0.3) is 0 Å². The minimum atomic E-state index is 0.586. The Morgan fingerprint density at radius 2 is 1.89 bits per heavy atom. The summed E-state index contributed by atoms with van der Waals surface area (Å²) in [6.07, 6.45) is 2.71. The molecule has 2 aliphatic heterocycles. The van der Waals surface area contributed by atoms with Crippen molar-refractivity contribution in [2.24, 2.45) is 16.6 Å². The average Bonchev–Trinajstić information content (AvgIpc) is 2.90. The highest BCUT2D eigenvalue weighted by Gasteiger charge is 2.15. The molecule has 2 fully saturated rings. The number of ether oxygens (including phenoxy) is 1. The molecule has 5 heteroatoms. The van der Waals surface area contributed by atoms with Gasteiger partial charge in [0.15, 0.2) is 5.96 Å². The lowest BCUT2D eigenvalue weighted by atomic mass is 10.2. The van der Waals surface area contributed by atoms with E-state index in [4.69, 9.17) is 10.5 Å². The van der Waals surface area contributed by atoms with Gasteiger partial charge in [-0.05, 0) is 31.8 Å². The number of guanidine groups is 1. The Balaban J connectivity index is 1.70. The molecule has 0 amide bonds. The smallest absolute Gasteiger partial charge is 0.191 e. The molecule has 2 saturated heterocycles. The molecule has 0 radical (unpaired) electrons. The maximum Gasteiger partial charge on any atom is 0.191 e. The molecule has 0 bridgehead atoms. The molecule has 0 aromatic heterocycles. The average molecular weight is 254 g/mol. The van der Waals surface area contributed by atoms with E-state index in [2.05, 4.69) is 21.7 Å². The van der Waals surface area contributed by atoms with Crippen LogP contribution in [-0.2, 0) is 4.74 Å². The van der Waals surface area contributed by atoms with Gasteiger partial charge in [0.05, 0.1) is 13.2 Å². The van der Waals surface area contributed by atoms with Crippen molar-refractivity contribution in [1.29, 1.82) is 0 Å². The van der Waals surface area contributed by atoms with Crippen LogP contribution in [0.1, 0.15) is 19.8 Å². The Labute approximate surface area is 110 Å². The van der Waals surface area contributed by atoms with Gasteiger partial charge in [-0.15, -0.1) is 0 Å². The highest BCUT2D eigenvalue weighted by atomic mass is 16.5. The lowest BCUT2D eigenvalue weighted by Gasteiger charge is -2.28. The first-order valence-electron chi connectivity index (χ1n) is 7.10. The van der Waals surface area contributed by atoms with Gasteiger partial charge >= 0.3 is 0 Å². The van der Waals surface area contributed by atoms with Crippen molar-refractivity contribution in [3.63, 3.8) is 0 Å². The highest BCUT2D eigenvalue weighted by Crippen LogP contribution is 2.10. The molecule has 2 aliphatic rings. The number of aliphatic imine (C=N–C) groups is 1. The van der Waals surface area contributed by atoms with Gasteiger partial charge in [0, 0.05) is 26.2 Å². The first kappa shape index (κ1) is 13.6. The van der Waals surface area contributed by atoms with Crippen LogP contribution in [0.15, 0.2) is 4.99 Å². The zero-order valence-corrected chi connectivity index (χ0v) is 11.5. The summed E-state index contributed by atoms with van der Waals surface area (Å²) in [5.41, 5.74) is 6.01. The number of morpholine rings is 1. The zero-order chi connectivity index (χ0) is 12.8. The summed E-state index contributed by atoms with van der Waals surface area (Å²) in [4.78, 5) is 9.18. The highest BCUT2D eigenvalue weighted by molar-refractivity contribution is 5.78. The number of hydrogen-bond acceptors (Lipinski definition) is 3. The molecule has 0 aromatic rings. The van der Waals surface area contributed by atoms with Crippen LogP contribution in [0.4, 0.5) is 0 Å². The predicted octanol–water partition coefficient (Wildman–Crippen LogP) is 0.365. The third-order valence-electron chi connectivity index (χ3n) is 3.67. The van der Waals surface area contributed by atoms with Crippen molar-refractivity contribution in [1.82, 2.24) is 9.80 Å². The molecule has 1 atom stereocenters. The van der Waals surface area contributed by atoms with E-state index in [0.717, 1.165) is 39.4 Å². The van der Waals surface area contributed by atoms with Gasteiger partial charge in [0.2, 0.25) is 0 Å². The van der Waals surface area contributed by atoms with Crippen LogP contribution in [0, 0.1) is 5.92 Å². The normalized spacial score (nSPS) is 24.5. The standard InChI is InChI=1S/C13H26N4O/c1-12(11-16-4-2-3-5-16)10-15-13(14)17-6-8-18-9-7-17/h12H,2-11H2,1H3,(H2,14,15). The molecule has 18 heavy (non-hydrogen) atoms. The molecule has 0 aromatic carbocycles. The van der Waals surface area contributed by atoms with Crippen LogP contribution in [0.25, 0.3) is 0 Å². The summed E-state index contributed by atoms with van der Waals surface area (Å²) in [5, 5.41) is 0. The number of hydrogen-bond donors (Lipinski definition) is 1.